The summed E-state index contributed by atoms with van der Waals surface area (Å²) in [7, 11) is 0. The maximum absolute atomic E-state index is 12.8. The molecular formula is C18H17F3N4O2. The fraction of sp³-hybridized carbons (Fsp3) is 0.278. The highest BCUT2D eigenvalue weighted by Gasteiger charge is 2.31. The summed E-state index contributed by atoms with van der Waals surface area (Å²) in [4.78, 5) is 4.04. The van der Waals surface area contributed by atoms with Crippen LogP contribution >= 0.6 is 0 Å². The first-order valence-corrected chi connectivity index (χ1v) is 8.03. The molecule has 27 heavy (non-hydrogen) atoms. The van der Waals surface area contributed by atoms with E-state index in [1.54, 1.807) is 19.9 Å². The molecule has 0 amide bonds. The van der Waals surface area contributed by atoms with Crippen LogP contribution in [0.5, 0.6) is 5.75 Å². The topological polar surface area (TPSA) is 91.2 Å². The van der Waals surface area contributed by atoms with E-state index in [1.165, 1.54) is 12.4 Å². The highest BCUT2D eigenvalue weighted by Crippen LogP contribution is 2.38. The molecule has 142 valence electrons. The Kier molecular flexibility index (Phi) is 4.64. The molecular weight excluding hydrogens is 361 g/mol. The Morgan fingerprint density at radius 1 is 1.07 bits per heavy atom. The van der Waals surface area contributed by atoms with E-state index in [4.69, 9.17) is 0 Å². The summed E-state index contributed by atoms with van der Waals surface area (Å²) >= 11 is 0. The van der Waals surface area contributed by atoms with Gasteiger partial charge >= 0.3 is 6.18 Å². The predicted molar refractivity (Wildman–Crippen MR) is 94.2 cm³/mol. The Morgan fingerprint density at radius 3 is 2.44 bits per heavy atom. The van der Waals surface area contributed by atoms with Crippen LogP contribution in [0.1, 0.15) is 19.4 Å². The average molecular weight is 378 g/mol. The van der Waals surface area contributed by atoms with Gasteiger partial charge in [-0.15, -0.1) is 10.2 Å². The van der Waals surface area contributed by atoms with Gasteiger partial charge in [-0.05, 0) is 38.1 Å². The van der Waals surface area contributed by atoms with E-state index in [2.05, 4.69) is 20.5 Å². The van der Waals surface area contributed by atoms with E-state index in [0.29, 0.717) is 22.7 Å². The molecule has 6 nitrogen and oxygen atoms in total. The van der Waals surface area contributed by atoms with Gasteiger partial charge in [-0.1, -0.05) is 0 Å². The van der Waals surface area contributed by atoms with Crippen LogP contribution in [0.3, 0.4) is 0 Å². The van der Waals surface area contributed by atoms with Crippen LogP contribution in [0.15, 0.2) is 36.7 Å². The number of pyridine rings is 1. The zero-order valence-electron chi connectivity index (χ0n) is 14.5. The van der Waals surface area contributed by atoms with E-state index in [1.807, 2.05) is 0 Å². The van der Waals surface area contributed by atoms with Crippen LogP contribution < -0.4 is 5.32 Å². The third-order valence-electron chi connectivity index (χ3n) is 3.85. The number of nitrogens with zero attached hydrogens (tertiary/aromatic N) is 3. The van der Waals surface area contributed by atoms with Crippen molar-refractivity contribution >= 4 is 16.6 Å². The first-order chi connectivity index (χ1) is 12.6. The van der Waals surface area contributed by atoms with E-state index in [0.717, 1.165) is 12.1 Å². The van der Waals surface area contributed by atoms with Crippen molar-refractivity contribution < 1.29 is 23.4 Å². The summed E-state index contributed by atoms with van der Waals surface area (Å²) in [6.07, 6.45) is -1.52. The van der Waals surface area contributed by atoms with E-state index in [-0.39, 0.29) is 17.8 Å². The zero-order chi connectivity index (χ0) is 19.8. The van der Waals surface area contributed by atoms with E-state index >= 15 is 0 Å². The molecule has 0 spiro atoms. The van der Waals surface area contributed by atoms with E-state index < -0.39 is 23.1 Å². The maximum Gasteiger partial charge on any atom is 0.416 e. The van der Waals surface area contributed by atoms with Gasteiger partial charge in [-0.25, -0.2) is 0 Å². The number of anilines is 1. The molecule has 0 radical (unpaired) electrons. The number of phenolic OH excluding ortho intramolecular Hbond substituents is 1. The summed E-state index contributed by atoms with van der Waals surface area (Å²) in [6.45, 7) is 3.46. The van der Waals surface area contributed by atoms with Gasteiger partial charge in [-0.2, -0.15) is 13.2 Å². The summed E-state index contributed by atoms with van der Waals surface area (Å²) in [5.74, 6) is -0.176. The lowest BCUT2D eigenvalue weighted by atomic mass is 10.0. The monoisotopic (exact) mass is 378 g/mol. The van der Waals surface area contributed by atoms with Crippen molar-refractivity contribution in [1.82, 2.24) is 15.2 Å². The van der Waals surface area contributed by atoms with Crippen molar-refractivity contribution in [2.75, 3.05) is 11.9 Å². The van der Waals surface area contributed by atoms with Crippen molar-refractivity contribution in [3.05, 3.63) is 42.2 Å². The quantitative estimate of drug-likeness (QED) is 0.643. The maximum atomic E-state index is 12.8. The lowest BCUT2D eigenvalue weighted by Gasteiger charge is -2.19. The second kappa shape index (κ2) is 6.66. The van der Waals surface area contributed by atoms with Gasteiger partial charge < -0.3 is 15.5 Å². The molecule has 3 aromatic rings. The largest absolute Gasteiger partial charge is 0.507 e. The third-order valence-corrected chi connectivity index (χ3v) is 3.85. The van der Waals surface area contributed by atoms with Gasteiger partial charge in [0, 0.05) is 35.3 Å². The van der Waals surface area contributed by atoms with Gasteiger partial charge in [0.2, 0.25) is 0 Å². The van der Waals surface area contributed by atoms with Crippen molar-refractivity contribution in [2.45, 2.75) is 25.6 Å². The number of aromatic nitrogens is 3. The lowest BCUT2D eigenvalue weighted by Crippen LogP contribution is -2.29. The number of rotatable bonds is 4. The Bertz CT molecular complexity index is 984. The first-order valence-electron chi connectivity index (χ1n) is 8.03. The molecule has 3 N–H and O–H groups in total. The lowest BCUT2D eigenvalue weighted by molar-refractivity contribution is -0.137. The van der Waals surface area contributed by atoms with Crippen LogP contribution in [0, 0.1) is 0 Å². The van der Waals surface area contributed by atoms with Gasteiger partial charge in [-0.3, -0.25) is 4.98 Å². The number of hydrogen-bond donors (Lipinski definition) is 3. The summed E-state index contributed by atoms with van der Waals surface area (Å²) in [5, 5.41) is 32.2. The standard InChI is InChI=1S/C18H17F3N4O2/c1-17(2,27)9-23-16-13-8-22-6-5-11(13)15(24-25-16)12-4-3-10(7-14(12)26)18(19,20)21/h3-8,26-27H,9H2,1-2H3,(H,23,25). The third kappa shape index (κ3) is 4.08. The molecule has 0 fully saturated rings. The smallest absolute Gasteiger partial charge is 0.416 e. The van der Waals surface area contributed by atoms with Crippen LogP contribution in [0.4, 0.5) is 19.0 Å². The van der Waals surface area contributed by atoms with Gasteiger partial charge in [0.15, 0.2) is 5.82 Å². The first kappa shape index (κ1) is 18.8. The van der Waals surface area contributed by atoms with Crippen molar-refractivity contribution in [1.29, 1.82) is 0 Å². The van der Waals surface area contributed by atoms with Gasteiger partial charge in [0.05, 0.1) is 11.2 Å². The minimum absolute atomic E-state index is 0.126. The number of alkyl halides is 3. The molecule has 0 bridgehead atoms. The van der Waals surface area contributed by atoms with Crippen molar-refractivity contribution in [3.8, 4) is 17.0 Å². The number of aliphatic hydroxyl groups is 1. The molecule has 0 atom stereocenters. The number of benzene rings is 1. The number of hydrogen-bond acceptors (Lipinski definition) is 6. The number of fused-ring (bicyclic) bond motifs is 1. The van der Waals surface area contributed by atoms with Crippen molar-refractivity contribution in [3.63, 3.8) is 0 Å². The van der Waals surface area contributed by atoms with Crippen LogP contribution in [-0.2, 0) is 6.18 Å². The van der Waals surface area contributed by atoms with Crippen LogP contribution in [0.25, 0.3) is 22.0 Å². The van der Waals surface area contributed by atoms with Crippen LogP contribution in [-0.4, -0.2) is 37.5 Å². The molecule has 0 saturated carbocycles. The average Bonchev–Trinajstić information content (AvgIpc) is 2.58. The minimum atomic E-state index is -4.56. The highest BCUT2D eigenvalue weighted by molar-refractivity contribution is 6.00. The molecule has 1 aromatic carbocycles. The second-order valence-corrected chi connectivity index (χ2v) is 6.71. The number of nitrogens with one attached hydrogen (secondary N) is 1. The highest BCUT2D eigenvalue weighted by atomic mass is 19.4. The molecule has 0 unspecified atom stereocenters. The van der Waals surface area contributed by atoms with Gasteiger partial charge in [0.1, 0.15) is 11.4 Å². The minimum Gasteiger partial charge on any atom is -0.507 e. The second-order valence-electron chi connectivity index (χ2n) is 6.71. The van der Waals surface area contributed by atoms with E-state index in [9.17, 15) is 23.4 Å². The Hall–Kier alpha value is -2.94. The number of aromatic hydroxyl groups is 1. The number of phenols is 1. The molecule has 0 aliphatic carbocycles. The zero-order valence-corrected chi connectivity index (χ0v) is 14.5. The molecule has 0 saturated heterocycles. The van der Waals surface area contributed by atoms with Crippen molar-refractivity contribution in [2.24, 2.45) is 0 Å². The Morgan fingerprint density at radius 2 is 1.81 bits per heavy atom. The van der Waals surface area contributed by atoms with Gasteiger partial charge in [0.25, 0.3) is 0 Å². The SMILES string of the molecule is CC(C)(O)CNc1nnc(-c2ccc(C(F)(F)F)cc2O)c2ccncc12. The molecule has 2 heterocycles. The molecule has 0 aliphatic rings. The molecule has 0 aliphatic heterocycles. The summed E-state index contributed by atoms with van der Waals surface area (Å²) in [6, 6.07) is 4.33. The Balaban J connectivity index is 2.09. The summed E-state index contributed by atoms with van der Waals surface area (Å²) < 4.78 is 38.4. The molecule has 2 aromatic heterocycles. The number of halogens is 3. The fourth-order valence-electron chi connectivity index (χ4n) is 2.54. The Labute approximate surface area is 152 Å². The molecule has 9 heteroatoms. The predicted octanol–water partition coefficient (Wildman–Crippen LogP) is 3.60. The van der Waals surface area contributed by atoms with Crippen LogP contribution in [0.2, 0.25) is 0 Å². The summed E-state index contributed by atoms with van der Waals surface area (Å²) in [5.41, 5.74) is -1.58. The fourth-order valence-corrected chi connectivity index (χ4v) is 2.54. The normalized spacial score (nSPS) is 12.4. The molecule has 3 rings (SSSR count).